The van der Waals surface area contributed by atoms with E-state index >= 15 is 0 Å². The summed E-state index contributed by atoms with van der Waals surface area (Å²) < 4.78 is 10.8. The van der Waals surface area contributed by atoms with Crippen molar-refractivity contribution in [2.75, 3.05) is 18.8 Å². The third-order valence-electron chi connectivity index (χ3n) is 9.00. The molecule has 44 heavy (non-hydrogen) atoms. The molecule has 6 nitrogen and oxygen atoms in total. The number of amides is 2. The highest BCUT2D eigenvalue weighted by molar-refractivity contribution is 6.09. The molecule has 0 radical (unpaired) electrons. The van der Waals surface area contributed by atoms with Crippen LogP contribution in [0.5, 0.6) is 11.5 Å². The van der Waals surface area contributed by atoms with Gasteiger partial charge in [-0.15, -0.1) is 0 Å². The molecule has 2 amide bonds. The molecule has 0 heterocycles. The summed E-state index contributed by atoms with van der Waals surface area (Å²) in [5.41, 5.74) is 11.6. The van der Waals surface area contributed by atoms with Gasteiger partial charge in [0.05, 0.1) is 19.3 Å². The van der Waals surface area contributed by atoms with E-state index in [2.05, 4.69) is 72.8 Å². The Labute approximate surface area is 256 Å². The van der Waals surface area contributed by atoms with Crippen molar-refractivity contribution >= 4 is 44.0 Å². The number of benzene rings is 6. The largest absolute Gasteiger partial charge is 0.493 e. The number of hydrogen-bond acceptors (Lipinski definition) is 4. The van der Waals surface area contributed by atoms with Crippen LogP contribution in [-0.2, 0) is 13.0 Å². The Kier molecular flexibility index (Phi) is 7.28. The predicted octanol–water partition coefficient (Wildman–Crippen LogP) is 8.04. The fourth-order valence-electron chi connectivity index (χ4n) is 7.04. The summed E-state index contributed by atoms with van der Waals surface area (Å²) in [7, 11) is 1.55. The van der Waals surface area contributed by atoms with Gasteiger partial charge in [0.2, 0.25) is 0 Å². The smallest absolute Gasteiger partial charge is 0.319 e. The number of anilines is 1. The first kappa shape index (κ1) is 27.7. The second-order valence-electron chi connectivity index (χ2n) is 11.4. The molecular formula is C38H34N2O4. The molecule has 0 aliphatic heterocycles. The van der Waals surface area contributed by atoms with Crippen molar-refractivity contribution in [2.24, 2.45) is 5.73 Å². The number of hydrogen-bond donors (Lipinski definition) is 2. The Bertz CT molecular complexity index is 2040. The number of aliphatic hydroxyl groups is 1. The summed E-state index contributed by atoms with van der Waals surface area (Å²) in [4.78, 5) is 15.0. The number of methoxy groups -OCH3 is 1. The molecule has 6 aromatic rings. The van der Waals surface area contributed by atoms with E-state index in [4.69, 9.17) is 15.2 Å². The lowest BCUT2D eigenvalue weighted by Crippen LogP contribution is -2.36. The number of aliphatic hydroxyl groups excluding tert-OH is 1. The number of urea groups is 1. The van der Waals surface area contributed by atoms with Gasteiger partial charge in [-0.25, -0.2) is 4.79 Å². The van der Waals surface area contributed by atoms with Gasteiger partial charge in [0.25, 0.3) is 0 Å². The normalized spacial score (nSPS) is 14.5. The SMILES string of the molecule is COc1cc(CN(C(N)=O)c2c(C3CCCc4c3ccc3c4ccc4ccccc43)ccc3ccccc23)ccc1OCO. The molecule has 0 fully saturated rings. The Morgan fingerprint density at radius 2 is 1.52 bits per heavy atom. The topological polar surface area (TPSA) is 85.0 Å². The number of nitrogens with zero attached hydrogens (tertiary/aromatic N) is 1. The van der Waals surface area contributed by atoms with Crippen LogP contribution in [0.4, 0.5) is 10.5 Å². The number of nitrogens with two attached hydrogens (primary N) is 1. The molecule has 220 valence electrons. The maximum absolute atomic E-state index is 13.3. The van der Waals surface area contributed by atoms with Crippen molar-refractivity contribution in [3.05, 3.63) is 125 Å². The Morgan fingerprint density at radius 3 is 2.30 bits per heavy atom. The van der Waals surface area contributed by atoms with Gasteiger partial charge in [-0.1, -0.05) is 91.0 Å². The van der Waals surface area contributed by atoms with Crippen LogP contribution in [0.1, 0.15) is 41.0 Å². The molecule has 3 N–H and O–H groups in total. The summed E-state index contributed by atoms with van der Waals surface area (Å²) in [6.07, 6.45) is 3.05. The third-order valence-corrected chi connectivity index (χ3v) is 9.00. The molecular weight excluding hydrogens is 548 g/mol. The molecule has 0 saturated heterocycles. The highest BCUT2D eigenvalue weighted by atomic mass is 16.6. The fraction of sp³-hybridized carbons (Fsp3) is 0.184. The molecule has 0 aromatic heterocycles. The van der Waals surface area contributed by atoms with Crippen LogP contribution in [0.15, 0.2) is 103 Å². The quantitative estimate of drug-likeness (QED) is 0.147. The van der Waals surface area contributed by atoms with E-state index in [0.717, 1.165) is 46.8 Å². The first-order chi connectivity index (χ1) is 21.6. The molecule has 1 unspecified atom stereocenters. The van der Waals surface area contributed by atoms with Gasteiger partial charge in [-0.3, -0.25) is 4.90 Å². The number of primary amides is 1. The van der Waals surface area contributed by atoms with Gasteiger partial charge in [0.1, 0.15) is 0 Å². The average Bonchev–Trinajstić information content (AvgIpc) is 3.06. The highest BCUT2D eigenvalue weighted by Gasteiger charge is 2.29. The Morgan fingerprint density at radius 1 is 0.818 bits per heavy atom. The maximum Gasteiger partial charge on any atom is 0.319 e. The lowest BCUT2D eigenvalue weighted by atomic mass is 9.76. The summed E-state index contributed by atoms with van der Waals surface area (Å²) >= 11 is 0. The third kappa shape index (κ3) is 4.77. The molecule has 1 aliphatic rings. The zero-order chi connectivity index (χ0) is 30.2. The molecule has 7 rings (SSSR count). The molecule has 6 aromatic carbocycles. The standard InChI is InChI=1S/C38H34N2O4/c1-43-36-21-24(13-20-35(36)44-23-41)22-40(38(39)42)37-28-10-5-3-8-26(28)15-17-34(37)30-12-6-11-29-32-16-14-25-7-2-4-9-27(25)31(32)18-19-33(29)30/h2-5,7-10,13-21,30,41H,6,11-12,22-23H2,1H3,(H2,39,42). The highest BCUT2D eigenvalue weighted by Crippen LogP contribution is 2.46. The molecule has 6 heteroatoms. The van der Waals surface area contributed by atoms with E-state index in [-0.39, 0.29) is 12.5 Å². The van der Waals surface area contributed by atoms with Crippen LogP contribution >= 0.6 is 0 Å². The molecule has 1 aliphatic carbocycles. The van der Waals surface area contributed by atoms with Gasteiger partial charge in [-0.2, -0.15) is 0 Å². The van der Waals surface area contributed by atoms with Crippen molar-refractivity contribution in [1.82, 2.24) is 0 Å². The minimum absolute atomic E-state index is 0.103. The van der Waals surface area contributed by atoms with Crippen LogP contribution in [0.25, 0.3) is 32.3 Å². The minimum Gasteiger partial charge on any atom is -0.493 e. The lowest BCUT2D eigenvalue weighted by Gasteiger charge is -2.32. The van der Waals surface area contributed by atoms with Gasteiger partial charge in [-0.05, 0) is 80.6 Å². The first-order valence-electron chi connectivity index (χ1n) is 15.0. The Hall–Kier alpha value is -5.07. The van der Waals surface area contributed by atoms with Crippen LogP contribution in [0.3, 0.4) is 0 Å². The van der Waals surface area contributed by atoms with Gasteiger partial charge >= 0.3 is 6.03 Å². The molecule has 0 spiro atoms. The summed E-state index contributed by atoms with van der Waals surface area (Å²) in [5.74, 6) is 1.000. The lowest BCUT2D eigenvalue weighted by molar-refractivity contribution is 0.0954. The van der Waals surface area contributed by atoms with E-state index in [0.29, 0.717) is 11.5 Å². The number of ether oxygens (including phenoxy) is 2. The van der Waals surface area contributed by atoms with E-state index < -0.39 is 12.8 Å². The van der Waals surface area contributed by atoms with Crippen LogP contribution in [0, 0.1) is 0 Å². The second kappa shape index (κ2) is 11.5. The van der Waals surface area contributed by atoms with Crippen LogP contribution in [0.2, 0.25) is 0 Å². The van der Waals surface area contributed by atoms with E-state index in [1.807, 2.05) is 24.3 Å². The van der Waals surface area contributed by atoms with Crippen molar-refractivity contribution in [3.8, 4) is 11.5 Å². The summed E-state index contributed by atoms with van der Waals surface area (Å²) in [6, 6.07) is 35.0. The van der Waals surface area contributed by atoms with Gasteiger partial charge < -0.3 is 20.3 Å². The molecule has 1 atom stereocenters. The zero-order valence-corrected chi connectivity index (χ0v) is 24.6. The summed E-state index contributed by atoms with van der Waals surface area (Å²) in [5, 5.41) is 16.4. The van der Waals surface area contributed by atoms with Crippen molar-refractivity contribution in [1.29, 1.82) is 0 Å². The van der Waals surface area contributed by atoms with E-state index in [9.17, 15) is 9.90 Å². The monoisotopic (exact) mass is 582 g/mol. The van der Waals surface area contributed by atoms with Gasteiger partial charge in [0.15, 0.2) is 18.3 Å². The fourth-order valence-corrected chi connectivity index (χ4v) is 7.04. The predicted molar refractivity (Wildman–Crippen MR) is 177 cm³/mol. The first-order valence-corrected chi connectivity index (χ1v) is 15.0. The van der Waals surface area contributed by atoms with Crippen LogP contribution < -0.4 is 20.1 Å². The molecule has 0 bridgehead atoms. The maximum atomic E-state index is 13.3. The van der Waals surface area contributed by atoms with Crippen LogP contribution in [-0.4, -0.2) is 25.0 Å². The van der Waals surface area contributed by atoms with E-state index in [1.54, 1.807) is 18.1 Å². The zero-order valence-electron chi connectivity index (χ0n) is 24.6. The van der Waals surface area contributed by atoms with E-state index in [1.165, 1.54) is 32.7 Å². The number of aryl methyl sites for hydroxylation is 1. The van der Waals surface area contributed by atoms with Crippen molar-refractivity contribution in [2.45, 2.75) is 31.7 Å². The number of carbonyl (C=O) groups excluding carboxylic acids is 1. The van der Waals surface area contributed by atoms with Crippen molar-refractivity contribution < 1.29 is 19.4 Å². The second-order valence-corrected chi connectivity index (χ2v) is 11.4. The summed E-state index contributed by atoms with van der Waals surface area (Å²) in [6.45, 7) is -0.216. The number of fused-ring (bicyclic) bond motifs is 6. The van der Waals surface area contributed by atoms with Gasteiger partial charge in [0, 0.05) is 11.3 Å². The van der Waals surface area contributed by atoms with Crippen molar-refractivity contribution in [3.63, 3.8) is 0 Å². The minimum atomic E-state index is -0.529. The number of rotatable bonds is 7. The average molecular weight is 583 g/mol. The number of carbonyl (C=O) groups is 1. The Balaban J connectivity index is 1.39. The molecule has 0 saturated carbocycles.